The summed E-state index contributed by atoms with van der Waals surface area (Å²) in [6, 6.07) is 10.2. The van der Waals surface area contributed by atoms with E-state index in [9.17, 15) is 10.1 Å². The summed E-state index contributed by atoms with van der Waals surface area (Å²) in [5, 5.41) is 14.0. The van der Waals surface area contributed by atoms with Gasteiger partial charge < -0.3 is 5.32 Å². The van der Waals surface area contributed by atoms with Crippen LogP contribution in [-0.4, -0.2) is 19.9 Å². The van der Waals surface area contributed by atoms with Crippen LogP contribution in [0.3, 0.4) is 0 Å². The molecular weight excluding hydrogens is 294 g/mol. The molecule has 2 aromatic heterocycles. The van der Waals surface area contributed by atoms with Crippen LogP contribution in [0.1, 0.15) is 5.56 Å². The third-order valence-corrected chi connectivity index (χ3v) is 3.18. The van der Waals surface area contributed by atoms with E-state index in [0.717, 1.165) is 16.8 Å². The number of aromatic nitrogens is 3. The van der Waals surface area contributed by atoms with Crippen molar-refractivity contribution in [3.05, 3.63) is 76.9 Å². The third kappa shape index (κ3) is 3.65. The van der Waals surface area contributed by atoms with Crippen molar-refractivity contribution in [2.75, 3.05) is 5.32 Å². The van der Waals surface area contributed by atoms with Gasteiger partial charge in [-0.05, 0) is 17.7 Å². The number of benzene rings is 1. The standard InChI is InChI=1S/C16H13N5O2/c22-21(23)15-4-1-3-12(7-15)9-20-14-8-13(10-17-11-14)16-18-5-2-6-19-16/h1-8,10-11,20H,9H2. The highest BCUT2D eigenvalue weighted by molar-refractivity contribution is 5.60. The second kappa shape index (κ2) is 6.61. The molecule has 7 nitrogen and oxygen atoms in total. The van der Waals surface area contributed by atoms with E-state index in [-0.39, 0.29) is 5.69 Å². The van der Waals surface area contributed by atoms with Crippen molar-refractivity contribution >= 4 is 11.4 Å². The van der Waals surface area contributed by atoms with Gasteiger partial charge in [-0.2, -0.15) is 0 Å². The highest BCUT2D eigenvalue weighted by Crippen LogP contribution is 2.19. The van der Waals surface area contributed by atoms with Gasteiger partial charge in [0.2, 0.25) is 0 Å². The number of hydrogen-bond acceptors (Lipinski definition) is 6. The Balaban J connectivity index is 1.74. The van der Waals surface area contributed by atoms with Gasteiger partial charge in [-0.25, -0.2) is 9.97 Å². The first-order chi connectivity index (χ1) is 11.2. The molecule has 0 aliphatic carbocycles. The number of pyridine rings is 1. The van der Waals surface area contributed by atoms with E-state index in [1.165, 1.54) is 6.07 Å². The second-order valence-corrected chi connectivity index (χ2v) is 4.82. The van der Waals surface area contributed by atoms with E-state index < -0.39 is 4.92 Å². The summed E-state index contributed by atoms with van der Waals surface area (Å²) in [7, 11) is 0. The number of nitrogens with zero attached hydrogens (tertiary/aromatic N) is 4. The van der Waals surface area contributed by atoms with Crippen LogP contribution in [0, 0.1) is 10.1 Å². The Morgan fingerprint density at radius 2 is 1.91 bits per heavy atom. The van der Waals surface area contributed by atoms with Crippen LogP contribution >= 0.6 is 0 Å². The van der Waals surface area contributed by atoms with E-state index in [2.05, 4.69) is 20.3 Å². The van der Waals surface area contributed by atoms with Gasteiger partial charge in [0.25, 0.3) is 5.69 Å². The van der Waals surface area contributed by atoms with Crippen molar-refractivity contribution in [3.63, 3.8) is 0 Å². The van der Waals surface area contributed by atoms with Crippen LogP contribution in [-0.2, 0) is 6.54 Å². The van der Waals surface area contributed by atoms with Gasteiger partial charge in [0.15, 0.2) is 5.82 Å². The lowest BCUT2D eigenvalue weighted by atomic mass is 10.2. The maximum absolute atomic E-state index is 10.8. The Bertz CT molecular complexity index is 823. The first-order valence-electron chi connectivity index (χ1n) is 6.92. The molecule has 0 spiro atoms. The third-order valence-electron chi connectivity index (χ3n) is 3.18. The monoisotopic (exact) mass is 307 g/mol. The van der Waals surface area contributed by atoms with Crippen LogP contribution in [0.5, 0.6) is 0 Å². The molecule has 0 aliphatic rings. The van der Waals surface area contributed by atoms with E-state index in [0.29, 0.717) is 12.4 Å². The minimum absolute atomic E-state index is 0.0776. The summed E-state index contributed by atoms with van der Waals surface area (Å²) in [4.78, 5) is 22.9. The molecule has 1 aromatic carbocycles. The van der Waals surface area contributed by atoms with Gasteiger partial charge in [-0.15, -0.1) is 0 Å². The van der Waals surface area contributed by atoms with Crippen LogP contribution in [0.25, 0.3) is 11.4 Å². The zero-order chi connectivity index (χ0) is 16.1. The highest BCUT2D eigenvalue weighted by Gasteiger charge is 2.06. The summed E-state index contributed by atoms with van der Waals surface area (Å²) >= 11 is 0. The number of hydrogen-bond donors (Lipinski definition) is 1. The summed E-state index contributed by atoms with van der Waals surface area (Å²) in [6.45, 7) is 0.461. The molecule has 114 valence electrons. The Hall–Kier alpha value is -3.35. The van der Waals surface area contributed by atoms with Crippen molar-refractivity contribution in [1.82, 2.24) is 15.0 Å². The number of non-ortho nitro benzene ring substituents is 1. The first kappa shape index (κ1) is 14.6. The Kier molecular flexibility index (Phi) is 4.19. The molecule has 0 saturated carbocycles. The zero-order valence-electron chi connectivity index (χ0n) is 12.1. The zero-order valence-corrected chi connectivity index (χ0v) is 12.1. The van der Waals surface area contributed by atoms with Crippen molar-refractivity contribution in [1.29, 1.82) is 0 Å². The number of nitrogens with one attached hydrogen (secondary N) is 1. The van der Waals surface area contributed by atoms with Gasteiger partial charge >= 0.3 is 0 Å². The maximum Gasteiger partial charge on any atom is 0.269 e. The largest absolute Gasteiger partial charge is 0.380 e. The van der Waals surface area contributed by atoms with Crippen molar-refractivity contribution in [2.45, 2.75) is 6.54 Å². The molecule has 3 rings (SSSR count). The number of nitro benzene ring substituents is 1. The van der Waals surface area contributed by atoms with Gasteiger partial charge in [0, 0.05) is 49.0 Å². The minimum atomic E-state index is -0.404. The summed E-state index contributed by atoms with van der Waals surface area (Å²) in [5.41, 5.74) is 2.49. The molecule has 2 heterocycles. The fourth-order valence-electron chi connectivity index (χ4n) is 2.09. The molecular formula is C16H13N5O2. The van der Waals surface area contributed by atoms with Crippen LogP contribution in [0.15, 0.2) is 61.2 Å². The summed E-state index contributed by atoms with van der Waals surface area (Å²) in [5.74, 6) is 0.596. The molecule has 0 bridgehead atoms. The first-order valence-corrected chi connectivity index (χ1v) is 6.92. The number of anilines is 1. The normalized spacial score (nSPS) is 10.3. The average molecular weight is 307 g/mol. The fraction of sp³-hybridized carbons (Fsp3) is 0.0625. The smallest absolute Gasteiger partial charge is 0.269 e. The molecule has 23 heavy (non-hydrogen) atoms. The van der Waals surface area contributed by atoms with Gasteiger partial charge in [-0.1, -0.05) is 12.1 Å². The molecule has 0 saturated heterocycles. The van der Waals surface area contributed by atoms with Crippen molar-refractivity contribution in [3.8, 4) is 11.4 Å². The maximum atomic E-state index is 10.8. The average Bonchev–Trinajstić information content (AvgIpc) is 2.61. The molecule has 0 aliphatic heterocycles. The Morgan fingerprint density at radius 1 is 1.09 bits per heavy atom. The van der Waals surface area contributed by atoms with Crippen molar-refractivity contribution in [2.24, 2.45) is 0 Å². The fourth-order valence-corrected chi connectivity index (χ4v) is 2.09. The molecule has 0 radical (unpaired) electrons. The van der Waals surface area contributed by atoms with Gasteiger partial charge in [0.1, 0.15) is 0 Å². The van der Waals surface area contributed by atoms with Crippen LogP contribution in [0.2, 0.25) is 0 Å². The second-order valence-electron chi connectivity index (χ2n) is 4.82. The predicted molar refractivity (Wildman–Crippen MR) is 85.7 cm³/mol. The van der Waals surface area contributed by atoms with Crippen LogP contribution in [0.4, 0.5) is 11.4 Å². The van der Waals surface area contributed by atoms with Crippen molar-refractivity contribution < 1.29 is 4.92 Å². The lowest BCUT2D eigenvalue weighted by Gasteiger charge is -2.07. The minimum Gasteiger partial charge on any atom is -0.380 e. The molecule has 0 fully saturated rings. The number of nitro groups is 1. The molecule has 7 heteroatoms. The summed E-state index contributed by atoms with van der Waals surface area (Å²) in [6.07, 6.45) is 6.72. The molecule has 0 unspecified atom stereocenters. The summed E-state index contributed by atoms with van der Waals surface area (Å²) < 4.78 is 0. The van der Waals surface area contributed by atoms with Crippen LogP contribution < -0.4 is 5.32 Å². The Labute approximate surface area is 132 Å². The SMILES string of the molecule is O=[N+]([O-])c1cccc(CNc2cncc(-c3ncccn3)c2)c1. The highest BCUT2D eigenvalue weighted by atomic mass is 16.6. The molecule has 0 atom stereocenters. The van der Waals surface area contributed by atoms with E-state index in [4.69, 9.17) is 0 Å². The quantitative estimate of drug-likeness (QED) is 0.575. The topological polar surface area (TPSA) is 93.8 Å². The van der Waals surface area contributed by atoms with E-state index >= 15 is 0 Å². The predicted octanol–water partition coefficient (Wildman–Crippen LogP) is 3.06. The Morgan fingerprint density at radius 3 is 2.70 bits per heavy atom. The molecule has 3 aromatic rings. The lowest BCUT2D eigenvalue weighted by Crippen LogP contribution is -2.01. The molecule has 0 amide bonds. The van der Waals surface area contributed by atoms with Gasteiger partial charge in [0.05, 0.1) is 10.6 Å². The lowest BCUT2D eigenvalue weighted by molar-refractivity contribution is -0.384. The molecule has 1 N–H and O–H groups in total. The van der Waals surface area contributed by atoms with E-state index in [1.54, 1.807) is 43.0 Å². The van der Waals surface area contributed by atoms with E-state index in [1.807, 2.05) is 12.1 Å². The number of rotatable bonds is 5. The van der Waals surface area contributed by atoms with Gasteiger partial charge in [-0.3, -0.25) is 15.1 Å².